The molecule has 3 rings (SSSR count). The summed E-state index contributed by atoms with van der Waals surface area (Å²) in [7, 11) is -2.43. The van der Waals surface area contributed by atoms with Gasteiger partial charge in [-0.15, -0.1) is 0 Å². The van der Waals surface area contributed by atoms with Gasteiger partial charge in [-0.2, -0.15) is 4.31 Å². The van der Waals surface area contributed by atoms with Crippen LogP contribution in [0.3, 0.4) is 0 Å². The molecule has 0 saturated heterocycles. The van der Waals surface area contributed by atoms with Crippen molar-refractivity contribution in [3.8, 4) is 5.88 Å². The number of sulfonamides is 1. The molecule has 6 nitrogen and oxygen atoms in total. The second-order valence-corrected chi connectivity index (χ2v) is 7.23. The number of halogens is 2. The predicted molar refractivity (Wildman–Crippen MR) is 81.1 cm³/mol. The molecule has 0 fully saturated rings. The Morgan fingerprint density at radius 1 is 1.12 bits per heavy atom. The van der Waals surface area contributed by atoms with E-state index >= 15 is 0 Å². The first-order chi connectivity index (χ1) is 11.4. The van der Waals surface area contributed by atoms with Crippen LogP contribution < -0.4 is 4.74 Å². The number of hydrogen-bond donors (Lipinski definition) is 0. The number of aromatic nitrogens is 2. The van der Waals surface area contributed by atoms with Gasteiger partial charge >= 0.3 is 0 Å². The molecule has 0 aliphatic carbocycles. The van der Waals surface area contributed by atoms with Gasteiger partial charge in [-0.05, 0) is 24.6 Å². The summed E-state index contributed by atoms with van der Waals surface area (Å²) in [6.45, 7) is 0.368. The molecule has 0 radical (unpaired) electrons. The number of methoxy groups -OCH3 is 1. The molecule has 1 aliphatic rings. The Hall–Kier alpha value is -2.13. The lowest BCUT2D eigenvalue weighted by Gasteiger charge is -2.19. The third kappa shape index (κ3) is 2.96. The van der Waals surface area contributed by atoms with Gasteiger partial charge in [0.15, 0.2) is 11.6 Å². The smallest absolute Gasteiger partial charge is 0.243 e. The molecule has 2 heterocycles. The van der Waals surface area contributed by atoms with Gasteiger partial charge in [0.05, 0.1) is 17.7 Å². The molecule has 1 aromatic carbocycles. The SMILES string of the molecule is COc1ncnc2c1CCN(S(=O)(=O)c1ccc(F)c(F)c1)CC2. The summed E-state index contributed by atoms with van der Waals surface area (Å²) in [5.41, 5.74) is 1.49. The maximum Gasteiger partial charge on any atom is 0.243 e. The Morgan fingerprint density at radius 3 is 2.58 bits per heavy atom. The fourth-order valence-corrected chi connectivity index (χ4v) is 4.13. The summed E-state index contributed by atoms with van der Waals surface area (Å²) in [5.74, 6) is -1.86. The van der Waals surface area contributed by atoms with E-state index < -0.39 is 21.7 Å². The third-order valence-corrected chi connectivity index (χ3v) is 5.82. The number of benzene rings is 1. The van der Waals surface area contributed by atoms with Crippen molar-refractivity contribution in [1.29, 1.82) is 0 Å². The van der Waals surface area contributed by atoms with Crippen LogP contribution in [0, 0.1) is 11.6 Å². The zero-order chi connectivity index (χ0) is 17.3. The van der Waals surface area contributed by atoms with Gasteiger partial charge in [0.2, 0.25) is 15.9 Å². The van der Waals surface area contributed by atoms with Crippen molar-refractivity contribution in [2.75, 3.05) is 20.2 Å². The van der Waals surface area contributed by atoms with Gasteiger partial charge < -0.3 is 4.74 Å². The molecule has 0 unspecified atom stereocenters. The molecule has 9 heteroatoms. The van der Waals surface area contributed by atoms with Gasteiger partial charge in [0.25, 0.3) is 0 Å². The summed E-state index contributed by atoms with van der Waals surface area (Å²) in [4.78, 5) is 7.93. The van der Waals surface area contributed by atoms with E-state index in [1.54, 1.807) is 0 Å². The van der Waals surface area contributed by atoms with Gasteiger partial charge in [-0.3, -0.25) is 0 Å². The maximum atomic E-state index is 13.4. The second-order valence-electron chi connectivity index (χ2n) is 5.29. The van der Waals surface area contributed by atoms with Crippen LogP contribution in [-0.2, 0) is 22.9 Å². The monoisotopic (exact) mass is 355 g/mol. The maximum absolute atomic E-state index is 13.4. The Bertz CT molecular complexity index is 874. The Balaban J connectivity index is 1.90. The van der Waals surface area contributed by atoms with Crippen LogP contribution in [0.2, 0.25) is 0 Å². The van der Waals surface area contributed by atoms with E-state index in [-0.39, 0.29) is 18.0 Å². The van der Waals surface area contributed by atoms with Crippen LogP contribution in [0.25, 0.3) is 0 Å². The molecule has 0 amide bonds. The highest BCUT2D eigenvalue weighted by Gasteiger charge is 2.29. The third-order valence-electron chi connectivity index (χ3n) is 3.93. The van der Waals surface area contributed by atoms with Crippen molar-refractivity contribution >= 4 is 10.0 Å². The minimum atomic E-state index is -3.92. The molecule has 1 aromatic heterocycles. The van der Waals surface area contributed by atoms with Crippen LogP contribution in [0.5, 0.6) is 5.88 Å². The van der Waals surface area contributed by atoms with Crippen LogP contribution in [-0.4, -0.2) is 42.9 Å². The Kier molecular flexibility index (Phi) is 4.46. The first-order valence-corrected chi connectivity index (χ1v) is 8.69. The number of rotatable bonds is 3. The minimum absolute atomic E-state index is 0.179. The van der Waals surface area contributed by atoms with E-state index in [4.69, 9.17) is 4.74 Å². The molecule has 0 N–H and O–H groups in total. The molecule has 0 saturated carbocycles. The molecule has 128 valence electrons. The lowest BCUT2D eigenvalue weighted by Crippen LogP contribution is -2.33. The van der Waals surface area contributed by atoms with Gasteiger partial charge in [-0.25, -0.2) is 27.2 Å². The van der Waals surface area contributed by atoms with Crippen LogP contribution >= 0.6 is 0 Å². The molecule has 2 aromatic rings. The van der Waals surface area contributed by atoms with Crippen molar-refractivity contribution in [2.24, 2.45) is 0 Å². The summed E-state index contributed by atoms with van der Waals surface area (Å²) in [6, 6.07) is 2.57. The standard InChI is InChI=1S/C15H15F2N3O3S/c1-23-15-11-4-6-20(7-5-14(11)18-9-19-15)24(21,22)10-2-3-12(16)13(17)8-10/h2-3,8-9H,4-7H2,1H3. The van der Waals surface area contributed by atoms with E-state index in [9.17, 15) is 17.2 Å². The average Bonchev–Trinajstić information content (AvgIpc) is 2.80. The number of hydrogen-bond acceptors (Lipinski definition) is 5. The average molecular weight is 355 g/mol. The van der Waals surface area contributed by atoms with Crippen LogP contribution in [0.1, 0.15) is 11.3 Å². The normalized spacial score (nSPS) is 15.6. The fourth-order valence-electron chi connectivity index (χ4n) is 2.68. The largest absolute Gasteiger partial charge is 0.481 e. The molecule has 0 bridgehead atoms. The number of fused-ring (bicyclic) bond motifs is 1. The van der Waals surface area contributed by atoms with Crippen molar-refractivity contribution < 1.29 is 21.9 Å². The van der Waals surface area contributed by atoms with Crippen molar-refractivity contribution in [3.05, 3.63) is 47.4 Å². The lowest BCUT2D eigenvalue weighted by molar-refractivity contribution is 0.388. The fraction of sp³-hybridized carbons (Fsp3) is 0.333. The molecular weight excluding hydrogens is 340 g/mol. The van der Waals surface area contributed by atoms with Crippen molar-refractivity contribution in [2.45, 2.75) is 17.7 Å². The van der Waals surface area contributed by atoms with E-state index in [2.05, 4.69) is 9.97 Å². The summed E-state index contributed by atoms with van der Waals surface area (Å²) in [5, 5.41) is 0. The van der Waals surface area contributed by atoms with Crippen molar-refractivity contribution in [1.82, 2.24) is 14.3 Å². The highest BCUT2D eigenvalue weighted by molar-refractivity contribution is 7.89. The summed E-state index contributed by atoms with van der Waals surface area (Å²) < 4.78 is 58.2. The summed E-state index contributed by atoms with van der Waals surface area (Å²) >= 11 is 0. The first kappa shape index (κ1) is 16.7. The Labute approximate surface area is 138 Å². The predicted octanol–water partition coefficient (Wildman–Crippen LogP) is 1.55. The van der Waals surface area contributed by atoms with Gasteiger partial charge in [-0.1, -0.05) is 0 Å². The van der Waals surface area contributed by atoms with Crippen molar-refractivity contribution in [3.63, 3.8) is 0 Å². The highest BCUT2D eigenvalue weighted by Crippen LogP contribution is 2.25. The van der Waals surface area contributed by atoms with Crippen LogP contribution in [0.15, 0.2) is 29.4 Å². The topological polar surface area (TPSA) is 72.4 Å². The van der Waals surface area contributed by atoms with E-state index in [0.29, 0.717) is 24.8 Å². The lowest BCUT2D eigenvalue weighted by atomic mass is 10.1. The molecule has 0 spiro atoms. The zero-order valence-corrected chi connectivity index (χ0v) is 13.7. The van der Waals surface area contributed by atoms with E-state index in [1.165, 1.54) is 17.7 Å². The molecule has 24 heavy (non-hydrogen) atoms. The zero-order valence-electron chi connectivity index (χ0n) is 12.9. The van der Waals surface area contributed by atoms with Gasteiger partial charge in [0, 0.05) is 25.1 Å². The molecular formula is C15H15F2N3O3S. The quantitative estimate of drug-likeness (QED) is 0.835. The first-order valence-electron chi connectivity index (χ1n) is 7.25. The second kappa shape index (κ2) is 6.40. The highest BCUT2D eigenvalue weighted by atomic mass is 32.2. The van der Waals surface area contributed by atoms with E-state index in [0.717, 1.165) is 23.4 Å². The minimum Gasteiger partial charge on any atom is -0.481 e. The van der Waals surface area contributed by atoms with Crippen LogP contribution in [0.4, 0.5) is 8.78 Å². The van der Waals surface area contributed by atoms with Gasteiger partial charge in [0.1, 0.15) is 6.33 Å². The molecule has 0 atom stereocenters. The number of ether oxygens (including phenoxy) is 1. The number of nitrogens with zero attached hydrogens (tertiary/aromatic N) is 3. The molecule has 1 aliphatic heterocycles. The summed E-state index contributed by atoms with van der Waals surface area (Å²) in [6.07, 6.45) is 2.14. The Morgan fingerprint density at radius 2 is 1.88 bits per heavy atom. The van der Waals surface area contributed by atoms with E-state index in [1.807, 2.05) is 0 Å².